The number of nitrogens with zero attached hydrogens (tertiary/aromatic N) is 2. The van der Waals surface area contributed by atoms with Gasteiger partial charge in [-0.2, -0.15) is 0 Å². The van der Waals surface area contributed by atoms with Crippen LogP contribution in [0.15, 0.2) is 72.8 Å². The summed E-state index contributed by atoms with van der Waals surface area (Å²) in [6.45, 7) is 0. The third-order valence-corrected chi connectivity index (χ3v) is 3.69. The van der Waals surface area contributed by atoms with Gasteiger partial charge in [-0.1, -0.05) is 60.7 Å². The second kappa shape index (κ2) is 6.29. The molecule has 0 spiro atoms. The summed E-state index contributed by atoms with van der Waals surface area (Å²) in [6, 6.07) is 20.4. The van der Waals surface area contributed by atoms with Crippen molar-refractivity contribution in [2.75, 3.05) is 0 Å². The first kappa shape index (κ1) is 15.4. The first-order valence-electron chi connectivity index (χ1n) is 7.16. The van der Waals surface area contributed by atoms with Crippen molar-refractivity contribution in [2.24, 2.45) is 0 Å². The zero-order valence-electron chi connectivity index (χ0n) is 12.5. The van der Waals surface area contributed by atoms with Gasteiger partial charge in [0.05, 0.1) is 21.0 Å². The zero-order chi connectivity index (χ0) is 17.1. The normalized spacial score (nSPS) is 10.3. The molecule has 0 fully saturated rings. The minimum absolute atomic E-state index is 0.229. The van der Waals surface area contributed by atoms with E-state index in [0.717, 1.165) is 0 Å². The highest BCUT2D eigenvalue weighted by atomic mass is 16.6. The van der Waals surface area contributed by atoms with E-state index in [4.69, 9.17) is 0 Å². The fraction of sp³-hybridized carbons (Fsp3) is 0. The third-order valence-electron chi connectivity index (χ3n) is 3.69. The van der Waals surface area contributed by atoms with Crippen molar-refractivity contribution in [1.29, 1.82) is 0 Å². The van der Waals surface area contributed by atoms with Crippen molar-refractivity contribution in [3.05, 3.63) is 93.0 Å². The predicted molar refractivity (Wildman–Crippen MR) is 90.6 cm³/mol. The second-order valence-electron chi connectivity index (χ2n) is 5.10. The Morgan fingerprint density at radius 3 is 1.17 bits per heavy atom. The van der Waals surface area contributed by atoms with Gasteiger partial charge in [-0.05, 0) is 23.3 Å². The van der Waals surface area contributed by atoms with E-state index < -0.39 is 21.2 Å². The van der Waals surface area contributed by atoms with E-state index in [-0.39, 0.29) is 11.1 Å². The van der Waals surface area contributed by atoms with Gasteiger partial charge in [-0.3, -0.25) is 20.2 Å². The average molecular weight is 320 g/mol. The van der Waals surface area contributed by atoms with Crippen LogP contribution in [-0.2, 0) is 0 Å². The zero-order valence-corrected chi connectivity index (χ0v) is 12.5. The van der Waals surface area contributed by atoms with Crippen molar-refractivity contribution < 1.29 is 9.85 Å². The van der Waals surface area contributed by atoms with Crippen LogP contribution in [0.25, 0.3) is 22.3 Å². The van der Waals surface area contributed by atoms with Gasteiger partial charge < -0.3 is 0 Å². The highest BCUT2D eigenvalue weighted by Gasteiger charge is 2.33. The van der Waals surface area contributed by atoms with Crippen LogP contribution in [0.2, 0.25) is 0 Å². The lowest BCUT2D eigenvalue weighted by Gasteiger charge is -2.08. The molecule has 0 aliphatic rings. The number of nitro groups is 2. The van der Waals surface area contributed by atoms with Gasteiger partial charge in [0, 0.05) is 0 Å². The van der Waals surface area contributed by atoms with E-state index in [9.17, 15) is 20.2 Å². The molecular formula is C18H12N2O4. The Morgan fingerprint density at radius 2 is 0.875 bits per heavy atom. The molecule has 118 valence electrons. The van der Waals surface area contributed by atoms with Crippen LogP contribution < -0.4 is 0 Å². The van der Waals surface area contributed by atoms with Crippen LogP contribution in [0.4, 0.5) is 11.4 Å². The van der Waals surface area contributed by atoms with Gasteiger partial charge in [0.1, 0.15) is 0 Å². The molecule has 0 aromatic heterocycles. The van der Waals surface area contributed by atoms with Crippen molar-refractivity contribution in [2.45, 2.75) is 0 Å². The van der Waals surface area contributed by atoms with E-state index in [2.05, 4.69) is 0 Å². The van der Waals surface area contributed by atoms with Crippen LogP contribution in [0.5, 0.6) is 0 Å². The molecule has 0 aliphatic carbocycles. The molecule has 0 atom stereocenters. The molecule has 0 saturated heterocycles. The van der Waals surface area contributed by atoms with Crippen LogP contribution in [0.1, 0.15) is 0 Å². The Morgan fingerprint density at radius 1 is 0.542 bits per heavy atom. The lowest BCUT2D eigenvalue weighted by Crippen LogP contribution is -2.01. The Kier molecular flexibility index (Phi) is 4.03. The van der Waals surface area contributed by atoms with Gasteiger partial charge in [0.25, 0.3) is 0 Å². The number of hydrogen-bond acceptors (Lipinski definition) is 4. The maximum Gasteiger partial charge on any atom is 0.354 e. The van der Waals surface area contributed by atoms with E-state index in [1.54, 1.807) is 72.8 Å². The largest absolute Gasteiger partial charge is 0.354 e. The summed E-state index contributed by atoms with van der Waals surface area (Å²) >= 11 is 0. The maximum atomic E-state index is 11.6. The molecule has 0 unspecified atom stereocenters. The summed E-state index contributed by atoms with van der Waals surface area (Å²) < 4.78 is 0. The summed E-state index contributed by atoms with van der Waals surface area (Å²) in [5.41, 5.74) is 0.595. The topological polar surface area (TPSA) is 86.3 Å². The highest BCUT2D eigenvalue weighted by Crippen LogP contribution is 2.43. The van der Waals surface area contributed by atoms with Crippen molar-refractivity contribution in [3.63, 3.8) is 0 Å². The standard InChI is InChI=1S/C18H12N2O4/c21-19(22)17-15(13-7-3-1-4-8-13)11-12-16(18(17)20(23)24)14-9-5-2-6-10-14/h1-12H. The predicted octanol–water partition coefficient (Wildman–Crippen LogP) is 4.84. The van der Waals surface area contributed by atoms with Gasteiger partial charge in [0.15, 0.2) is 0 Å². The number of benzene rings is 3. The quantitative estimate of drug-likeness (QED) is 0.508. The fourth-order valence-corrected chi connectivity index (χ4v) is 2.65. The second-order valence-corrected chi connectivity index (χ2v) is 5.10. The molecule has 0 N–H and O–H groups in total. The molecular weight excluding hydrogens is 308 g/mol. The van der Waals surface area contributed by atoms with Crippen LogP contribution in [-0.4, -0.2) is 9.85 Å². The Hall–Kier alpha value is -3.54. The monoisotopic (exact) mass is 320 g/mol. The molecule has 0 bridgehead atoms. The van der Waals surface area contributed by atoms with Crippen LogP contribution in [0.3, 0.4) is 0 Å². The summed E-state index contributed by atoms with van der Waals surface area (Å²) in [4.78, 5) is 21.8. The molecule has 0 amide bonds. The molecule has 24 heavy (non-hydrogen) atoms. The Bertz CT molecular complexity index is 833. The van der Waals surface area contributed by atoms with Crippen molar-refractivity contribution >= 4 is 11.4 Å². The summed E-state index contributed by atoms with van der Waals surface area (Å²) in [5, 5.41) is 23.2. The molecule has 3 aromatic carbocycles. The van der Waals surface area contributed by atoms with Crippen LogP contribution >= 0.6 is 0 Å². The molecule has 3 rings (SSSR count). The fourth-order valence-electron chi connectivity index (χ4n) is 2.65. The van der Waals surface area contributed by atoms with E-state index >= 15 is 0 Å². The molecule has 3 aromatic rings. The summed E-state index contributed by atoms with van der Waals surface area (Å²) in [7, 11) is 0. The summed E-state index contributed by atoms with van der Waals surface area (Å²) in [5.74, 6) is 0. The first-order chi connectivity index (χ1) is 11.6. The summed E-state index contributed by atoms with van der Waals surface area (Å²) in [6.07, 6.45) is 0. The first-order valence-corrected chi connectivity index (χ1v) is 7.16. The Balaban J connectivity index is 2.35. The minimum Gasteiger partial charge on any atom is -0.258 e. The average Bonchev–Trinajstić information content (AvgIpc) is 2.61. The number of hydrogen-bond donors (Lipinski definition) is 0. The highest BCUT2D eigenvalue weighted by molar-refractivity contribution is 5.88. The molecule has 6 heteroatoms. The molecule has 0 aliphatic heterocycles. The van der Waals surface area contributed by atoms with Gasteiger partial charge in [-0.25, -0.2) is 0 Å². The van der Waals surface area contributed by atoms with Crippen molar-refractivity contribution in [3.8, 4) is 22.3 Å². The lowest BCUT2D eigenvalue weighted by atomic mass is 9.96. The molecule has 6 nitrogen and oxygen atoms in total. The van der Waals surface area contributed by atoms with E-state index in [0.29, 0.717) is 11.1 Å². The maximum absolute atomic E-state index is 11.6. The van der Waals surface area contributed by atoms with E-state index in [1.165, 1.54) is 0 Å². The third kappa shape index (κ3) is 2.72. The number of nitro benzene ring substituents is 2. The van der Waals surface area contributed by atoms with Gasteiger partial charge in [-0.15, -0.1) is 0 Å². The lowest BCUT2D eigenvalue weighted by molar-refractivity contribution is -0.421. The molecule has 0 saturated carbocycles. The van der Waals surface area contributed by atoms with Crippen molar-refractivity contribution in [1.82, 2.24) is 0 Å². The number of rotatable bonds is 4. The van der Waals surface area contributed by atoms with Crippen LogP contribution in [0, 0.1) is 20.2 Å². The SMILES string of the molecule is O=[N+]([O-])c1c(-c2ccccc2)ccc(-c2ccccc2)c1[N+](=O)[O-]. The van der Waals surface area contributed by atoms with E-state index in [1.807, 2.05) is 0 Å². The van der Waals surface area contributed by atoms with Gasteiger partial charge >= 0.3 is 11.4 Å². The molecule has 0 radical (unpaired) electrons. The molecule has 0 heterocycles. The smallest absolute Gasteiger partial charge is 0.258 e. The van der Waals surface area contributed by atoms with Gasteiger partial charge in [0.2, 0.25) is 0 Å². The minimum atomic E-state index is -0.688. The Labute approximate surface area is 137 Å².